The van der Waals surface area contributed by atoms with E-state index >= 15 is 0 Å². The maximum atomic E-state index is 10.9. The first-order chi connectivity index (χ1) is 14.6. The lowest BCUT2D eigenvalue weighted by molar-refractivity contribution is -0.147. The van der Waals surface area contributed by atoms with Gasteiger partial charge in [0.2, 0.25) is 11.8 Å². The number of nitrogens with zero attached hydrogens (tertiary/aromatic N) is 3. The Bertz CT molecular complexity index is 963. The number of aromatic nitrogens is 2. The quantitative estimate of drug-likeness (QED) is 0.569. The molecule has 0 aliphatic carbocycles. The Morgan fingerprint density at radius 2 is 1.87 bits per heavy atom. The smallest absolute Gasteiger partial charge is 0.309 e. The van der Waals surface area contributed by atoms with Crippen molar-refractivity contribution in [3.8, 4) is 11.5 Å². The molecule has 1 fully saturated rings. The van der Waals surface area contributed by atoms with Gasteiger partial charge >= 0.3 is 5.97 Å². The van der Waals surface area contributed by atoms with Gasteiger partial charge in [0.25, 0.3) is 0 Å². The van der Waals surface area contributed by atoms with Crippen molar-refractivity contribution in [3.63, 3.8) is 0 Å². The van der Waals surface area contributed by atoms with Crippen LogP contribution in [0.5, 0.6) is 0 Å². The molecule has 2 heterocycles. The maximum absolute atomic E-state index is 10.9. The summed E-state index contributed by atoms with van der Waals surface area (Å²) in [6, 6.07) is 18.5. The van der Waals surface area contributed by atoms with Crippen molar-refractivity contribution in [2.24, 2.45) is 5.92 Å². The molecule has 30 heavy (non-hydrogen) atoms. The van der Waals surface area contributed by atoms with Crippen LogP contribution in [0.1, 0.15) is 42.7 Å². The highest BCUT2D eigenvalue weighted by atomic mass is 16.4. The van der Waals surface area contributed by atoms with E-state index in [0.29, 0.717) is 30.8 Å². The minimum Gasteiger partial charge on any atom is -0.481 e. The standard InChI is InChI=1S/C24H27N3O3/c1-2-6-20(18-7-4-3-5-8-18)13-22-25-26-23(30-22)19-11-9-17(10-12-19)14-27-15-21(16-27)24(28)29/h3-5,7-12,20-21H,2,6,13-16H2,1H3,(H,28,29). The van der Waals surface area contributed by atoms with E-state index in [1.807, 2.05) is 30.3 Å². The number of carbonyl (C=O) groups is 1. The third kappa shape index (κ3) is 4.76. The average molecular weight is 405 g/mol. The van der Waals surface area contributed by atoms with Gasteiger partial charge in [-0.2, -0.15) is 0 Å². The van der Waals surface area contributed by atoms with Gasteiger partial charge in [-0.3, -0.25) is 9.69 Å². The molecule has 6 heteroatoms. The van der Waals surface area contributed by atoms with Crippen molar-refractivity contribution < 1.29 is 14.3 Å². The summed E-state index contributed by atoms with van der Waals surface area (Å²) in [5, 5.41) is 17.5. The van der Waals surface area contributed by atoms with Crippen molar-refractivity contribution in [2.75, 3.05) is 13.1 Å². The molecule has 0 amide bonds. The minimum atomic E-state index is -0.706. The van der Waals surface area contributed by atoms with Crippen LogP contribution >= 0.6 is 0 Å². The summed E-state index contributed by atoms with van der Waals surface area (Å²) in [6.07, 6.45) is 2.92. The highest BCUT2D eigenvalue weighted by Gasteiger charge is 2.32. The summed E-state index contributed by atoms with van der Waals surface area (Å²) in [5.41, 5.74) is 3.35. The molecular weight excluding hydrogens is 378 g/mol. The van der Waals surface area contributed by atoms with E-state index in [-0.39, 0.29) is 5.92 Å². The van der Waals surface area contributed by atoms with Crippen molar-refractivity contribution in [1.29, 1.82) is 0 Å². The van der Waals surface area contributed by atoms with Gasteiger partial charge in [0.05, 0.1) is 5.92 Å². The Labute approximate surface area is 176 Å². The third-order valence-electron chi connectivity index (χ3n) is 5.71. The molecule has 0 radical (unpaired) electrons. The van der Waals surface area contributed by atoms with Crippen LogP contribution in [0.4, 0.5) is 0 Å². The molecule has 6 nitrogen and oxygen atoms in total. The molecule has 1 atom stereocenters. The zero-order valence-electron chi connectivity index (χ0n) is 17.2. The first-order valence-electron chi connectivity index (χ1n) is 10.5. The highest BCUT2D eigenvalue weighted by molar-refractivity contribution is 5.71. The predicted octanol–water partition coefficient (Wildman–Crippen LogP) is 4.38. The van der Waals surface area contributed by atoms with Crippen LogP contribution in [0.2, 0.25) is 0 Å². The van der Waals surface area contributed by atoms with Gasteiger partial charge in [-0.05, 0) is 35.6 Å². The van der Waals surface area contributed by atoms with E-state index in [2.05, 4.69) is 46.3 Å². The van der Waals surface area contributed by atoms with Gasteiger partial charge in [0.1, 0.15) is 0 Å². The summed E-state index contributed by atoms with van der Waals surface area (Å²) >= 11 is 0. The normalized spacial score (nSPS) is 15.6. The van der Waals surface area contributed by atoms with Gasteiger partial charge in [-0.1, -0.05) is 55.8 Å². The fourth-order valence-electron chi connectivity index (χ4n) is 3.99. The largest absolute Gasteiger partial charge is 0.481 e. The summed E-state index contributed by atoms with van der Waals surface area (Å²) in [5.74, 6) is 0.639. The van der Waals surface area contributed by atoms with Crippen molar-refractivity contribution >= 4 is 5.97 Å². The Morgan fingerprint density at radius 1 is 1.13 bits per heavy atom. The summed E-state index contributed by atoms with van der Waals surface area (Å²) < 4.78 is 5.96. The number of carboxylic acid groups (broad SMARTS) is 1. The number of carboxylic acids is 1. The van der Waals surface area contributed by atoms with Crippen LogP contribution in [-0.2, 0) is 17.8 Å². The average Bonchev–Trinajstić information content (AvgIpc) is 3.19. The first kappa shape index (κ1) is 20.3. The lowest BCUT2D eigenvalue weighted by atomic mass is 9.91. The van der Waals surface area contributed by atoms with Crippen molar-refractivity contribution in [3.05, 3.63) is 71.6 Å². The molecule has 156 valence electrons. The lowest BCUT2D eigenvalue weighted by Crippen LogP contribution is -2.49. The Morgan fingerprint density at radius 3 is 2.53 bits per heavy atom. The summed E-state index contributed by atoms with van der Waals surface area (Å²) in [7, 11) is 0. The molecule has 1 aliphatic heterocycles. The number of rotatable bonds is 9. The topological polar surface area (TPSA) is 79.5 Å². The number of hydrogen-bond acceptors (Lipinski definition) is 5. The van der Waals surface area contributed by atoms with Crippen molar-refractivity contribution in [1.82, 2.24) is 15.1 Å². The second kappa shape index (κ2) is 9.22. The van der Waals surface area contributed by atoms with Crippen LogP contribution in [-0.4, -0.2) is 39.3 Å². The highest BCUT2D eigenvalue weighted by Crippen LogP contribution is 2.27. The van der Waals surface area contributed by atoms with Crippen LogP contribution < -0.4 is 0 Å². The molecule has 0 spiro atoms. The van der Waals surface area contributed by atoms with Gasteiger partial charge in [-0.15, -0.1) is 10.2 Å². The Balaban J connectivity index is 1.38. The molecule has 1 saturated heterocycles. The fraction of sp³-hybridized carbons (Fsp3) is 0.375. The molecular formula is C24H27N3O3. The number of benzene rings is 2. The second-order valence-corrected chi connectivity index (χ2v) is 8.03. The van der Waals surface area contributed by atoms with E-state index in [1.165, 1.54) is 5.56 Å². The molecule has 1 unspecified atom stereocenters. The predicted molar refractivity (Wildman–Crippen MR) is 114 cm³/mol. The van der Waals surface area contributed by atoms with Crippen LogP contribution in [0.15, 0.2) is 59.0 Å². The lowest BCUT2D eigenvalue weighted by Gasteiger charge is -2.36. The minimum absolute atomic E-state index is 0.228. The van der Waals surface area contributed by atoms with Crippen molar-refractivity contribution in [2.45, 2.75) is 38.6 Å². The molecule has 2 aromatic carbocycles. The van der Waals surface area contributed by atoms with Gasteiger partial charge in [-0.25, -0.2) is 0 Å². The fourth-order valence-corrected chi connectivity index (χ4v) is 3.99. The molecule has 3 aromatic rings. The van der Waals surface area contributed by atoms with E-state index in [4.69, 9.17) is 9.52 Å². The SMILES string of the molecule is CCCC(Cc1nnc(-c2ccc(CN3CC(C(=O)O)C3)cc2)o1)c1ccccc1. The number of aliphatic carboxylic acids is 1. The molecule has 4 rings (SSSR count). The van der Waals surface area contributed by atoms with E-state index in [1.54, 1.807) is 0 Å². The van der Waals surface area contributed by atoms with E-state index in [9.17, 15) is 4.79 Å². The molecule has 0 saturated carbocycles. The molecule has 0 bridgehead atoms. The second-order valence-electron chi connectivity index (χ2n) is 8.03. The molecule has 1 N–H and O–H groups in total. The maximum Gasteiger partial charge on any atom is 0.309 e. The summed E-state index contributed by atoms with van der Waals surface area (Å²) in [4.78, 5) is 13.1. The van der Waals surface area contributed by atoms with Crippen LogP contribution in [0, 0.1) is 5.92 Å². The third-order valence-corrected chi connectivity index (χ3v) is 5.71. The molecule has 1 aromatic heterocycles. The van der Waals surface area contributed by atoms with Crippen LogP contribution in [0.3, 0.4) is 0 Å². The number of hydrogen-bond donors (Lipinski definition) is 1. The zero-order chi connectivity index (χ0) is 20.9. The van der Waals surface area contributed by atoms with E-state index < -0.39 is 5.97 Å². The van der Waals surface area contributed by atoms with Gasteiger partial charge in [0.15, 0.2) is 0 Å². The van der Waals surface area contributed by atoms with Gasteiger partial charge in [0, 0.05) is 31.6 Å². The van der Waals surface area contributed by atoms with E-state index in [0.717, 1.165) is 36.9 Å². The molecule has 1 aliphatic rings. The zero-order valence-corrected chi connectivity index (χ0v) is 17.2. The Kier molecular flexibility index (Phi) is 6.23. The first-order valence-corrected chi connectivity index (χ1v) is 10.5. The van der Waals surface area contributed by atoms with Gasteiger partial charge < -0.3 is 9.52 Å². The summed E-state index contributed by atoms with van der Waals surface area (Å²) in [6.45, 7) is 4.18. The number of likely N-dealkylation sites (tertiary alicyclic amines) is 1. The Hall–Kier alpha value is -2.99. The van der Waals surface area contributed by atoms with Crippen LogP contribution in [0.25, 0.3) is 11.5 Å². The monoisotopic (exact) mass is 405 g/mol.